The molecule has 2 saturated heterocycles. The number of anilines is 2. The number of rotatable bonds is 6. The Kier molecular flexibility index (Phi) is 8.48. The number of amides is 3. The van der Waals surface area contributed by atoms with E-state index >= 15 is 0 Å². The minimum atomic E-state index is -0.338. The number of nitrogens with zero attached hydrogens (tertiary/aromatic N) is 3. The Balaban J connectivity index is 1.56. The summed E-state index contributed by atoms with van der Waals surface area (Å²) in [4.78, 5) is 44.7. The van der Waals surface area contributed by atoms with Crippen molar-refractivity contribution in [1.29, 1.82) is 0 Å². The molecule has 2 fully saturated rings. The van der Waals surface area contributed by atoms with Crippen LogP contribution in [0.1, 0.15) is 41.0 Å². The van der Waals surface area contributed by atoms with Gasteiger partial charge in [0.15, 0.2) is 0 Å². The summed E-state index contributed by atoms with van der Waals surface area (Å²) in [5.41, 5.74) is 2.21. The van der Waals surface area contributed by atoms with Gasteiger partial charge in [-0.2, -0.15) is 0 Å². The van der Waals surface area contributed by atoms with E-state index in [1.54, 1.807) is 41.3 Å². The highest BCUT2D eigenvalue weighted by atomic mass is 35.5. The minimum absolute atomic E-state index is 0.0968. The smallest absolute Gasteiger partial charge is 0.257 e. The van der Waals surface area contributed by atoms with Crippen LogP contribution in [0.2, 0.25) is 5.02 Å². The first-order valence-electron chi connectivity index (χ1n) is 12.4. The zero-order chi connectivity index (χ0) is 25.7. The van der Waals surface area contributed by atoms with Gasteiger partial charge in [0.1, 0.15) is 0 Å². The van der Waals surface area contributed by atoms with E-state index in [1.807, 2.05) is 24.8 Å². The molecule has 2 aliphatic rings. The van der Waals surface area contributed by atoms with E-state index < -0.39 is 0 Å². The number of morpholine rings is 1. The zero-order valence-electron chi connectivity index (χ0n) is 20.8. The molecule has 3 amide bonds. The van der Waals surface area contributed by atoms with E-state index in [0.717, 1.165) is 5.69 Å². The molecule has 0 aromatic heterocycles. The number of benzene rings is 2. The summed E-state index contributed by atoms with van der Waals surface area (Å²) in [6.07, 6.45) is 0.542. The van der Waals surface area contributed by atoms with Gasteiger partial charge >= 0.3 is 0 Å². The number of hydrogen-bond acceptors (Lipinski definition) is 5. The van der Waals surface area contributed by atoms with Gasteiger partial charge in [-0.25, -0.2) is 0 Å². The number of halogens is 1. The van der Waals surface area contributed by atoms with E-state index in [4.69, 9.17) is 16.3 Å². The highest BCUT2D eigenvalue weighted by molar-refractivity contribution is 6.34. The second kappa shape index (κ2) is 11.8. The van der Waals surface area contributed by atoms with Crippen LogP contribution in [0.4, 0.5) is 11.4 Å². The average Bonchev–Trinajstić information content (AvgIpc) is 2.88. The number of hydrogen-bond donors (Lipinski definition) is 1. The fourth-order valence-corrected chi connectivity index (χ4v) is 4.74. The summed E-state index contributed by atoms with van der Waals surface area (Å²) in [5, 5.41) is 3.24. The molecule has 0 aliphatic carbocycles. The van der Waals surface area contributed by atoms with Crippen molar-refractivity contribution < 1.29 is 19.1 Å². The molecule has 4 rings (SSSR count). The van der Waals surface area contributed by atoms with Crippen molar-refractivity contribution in [2.45, 2.75) is 20.3 Å². The Morgan fingerprint density at radius 3 is 2.28 bits per heavy atom. The van der Waals surface area contributed by atoms with Gasteiger partial charge in [-0.3, -0.25) is 14.4 Å². The van der Waals surface area contributed by atoms with Gasteiger partial charge in [0, 0.05) is 57.1 Å². The SMILES string of the molecule is CC(C)CC(=O)N1CCN(c2ccc(NC(=O)c3ccccc3Cl)cc2C(=O)N2CCOCC2)CC1. The van der Waals surface area contributed by atoms with Gasteiger partial charge in [-0.1, -0.05) is 37.6 Å². The lowest BCUT2D eigenvalue weighted by atomic mass is 10.1. The Labute approximate surface area is 217 Å². The molecule has 0 spiro atoms. The van der Waals surface area contributed by atoms with Gasteiger partial charge in [0.25, 0.3) is 11.8 Å². The fourth-order valence-electron chi connectivity index (χ4n) is 4.52. The van der Waals surface area contributed by atoms with Gasteiger partial charge in [0.2, 0.25) is 5.91 Å². The first-order chi connectivity index (χ1) is 17.3. The summed E-state index contributed by atoms with van der Waals surface area (Å²) >= 11 is 6.19. The lowest BCUT2D eigenvalue weighted by molar-refractivity contribution is -0.132. The lowest BCUT2D eigenvalue weighted by Gasteiger charge is -2.38. The molecule has 0 saturated carbocycles. The summed E-state index contributed by atoms with van der Waals surface area (Å²) in [6, 6.07) is 12.3. The van der Waals surface area contributed by atoms with Crippen LogP contribution in [-0.2, 0) is 9.53 Å². The third-order valence-corrected chi connectivity index (χ3v) is 6.79. The molecule has 0 unspecified atom stereocenters. The highest BCUT2D eigenvalue weighted by Gasteiger charge is 2.27. The number of carbonyl (C=O) groups is 3. The minimum Gasteiger partial charge on any atom is -0.378 e. The third kappa shape index (κ3) is 6.17. The van der Waals surface area contributed by atoms with E-state index in [0.29, 0.717) is 86.7 Å². The number of piperazine rings is 1. The number of ether oxygens (including phenoxy) is 1. The van der Waals surface area contributed by atoms with Crippen LogP contribution >= 0.6 is 11.6 Å². The Bertz CT molecular complexity index is 1110. The summed E-state index contributed by atoms with van der Waals surface area (Å²) in [5.74, 6) is 0.0598. The van der Waals surface area contributed by atoms with E-state index in [-0.39, 0.29) is 17.7 Å². The maximum atomic E-state index is 13.6. The van der Waals surface area contributed by atoms with Crippen molar-refractivity contribution in [2.75, 3.05) is 62.7 Å². The molecule has 192 valence electrons. The van der Waals surface area contributed by atoms with E-state index in [1.165, 1.54) is 0 Å². The van der Waals surface area contributed by atoms with Crippen LogP contribution < -0.4 is 10.2 Å². The molecule has 2 aromatic carbocycles. The summed E-state index contributed by atoms with van der Waals surface area (Å²) in [6.45, 7) is 8.63. The van der Waals surface area contributed by atoms with Crippen molar-refractivity contribution in [2.24, 2.45) is 5.92 Å². The van der Waals surface area contributed by atoms with Crippen LogP contribution in [0, 0.1) is 5.92 Å². The van der Waals surface area contributed by atoms with Crippen molar-refractivity contribution in [1.82, 2.24) is 9.80 Å². The van der Waals surface area contributed by atoms with E-state index in [9.17, 15) is 14.4 Å². The number of nitrogens with one attached hydrogen (secondary N) is 1. The number of carbonyl (C=O) groups excluding carboxylic acids is 3. The van der Waals surface area contributed by atoms with Crippen molar-refractivity contribution in [3.63, 3.8) is 0 Å². The first kappa shape index (κ1) is 26.0. The third-order valence-electron chi connectivity index (χ3n) is 6.46. The maximum Gasteiger partial charge on any atom is 0.257 e. The van der Waals surface area contributed by atoms with E-state index in [2.05, 4.69) is 10.2 Å². The van der Waals surface area contributed by atoms with Crippen LogP contribution in [0.25, 0.3) is 0 Å². The monoisotopic (exact) mass is 512 g/mol. The van der Waals surface area contributed by atoms with Gasteiger partial charge in [-0.15, -0.1) is 0 Å². The maximum absolute atomic E-state index is 13.6. The molecule has 0 atom stereocenters. The van der Waals surface area contributed by atoms with Gasteiger partial charge < -0.3 is 24.8 Å². The van der Waals surface area contributed by atoms with Crippen molar-refractivity contribution in [3.05, 3.63) is 58.6 Å². The molecule has 0 radical (unpaired) electrons. The Hall–Kier alpha value is -3.10. The average molecular weight is 513 g/mol. The topological polar surface area (TPSA) is 82.2 Å². The Morgan fingerprint density at radius 1 is 0.917 bits per heavy atom. The molecule has 1 N–H and O–H groups in total. The quantitative estimate of drug-likeness (QED) is 0.637. The fraction of sp³-hybridized carbons (Fsp3) is 0.444. The second-order valence-corrected chi connectivity index (χ2v) is 9.94. The van der Waals surface area contributed by atoms with Gasteiger partial charge in [0.05, 0.1) is 29.4 Å². The molecule has 8 nitrogen and oxygen atoms in total. The largest absolute Gasteiger partial charge is 0.378 e. The predicted molar refractivity (Wildman–Crippen MR) is 141 cm³/mol. The standard InChI is InChI=1S/C27H33ClN4O4/c1-19(2)17-25(33)31-11-9-30(10-12-31)24-8-7-20(29-26(34)21-5-3-4-6-23(21)28)18-22(24)27(35)32-13-15-36-16-14-32/h3-8,18-19H,9-17H2,1-2H3,(H,29,34). The molecule has 36 heavy (non-hydrogen) atoms. The summed E-state index contributed by atoms with van der Waals surface area (Å²) < 4.78 is 5.42. The van der Waals surface area contributed by atoms with Crippen molar-refractivity contribution in [3.8, 4) is 0 Å². The lowest BCUT2D eigenvalue weighted by Crippen LogP contribution is -2.49. The zero-order valence-corrected chi connectivity index (χ0v) is 21.6. The molecule has 2 heterocycles. The molecule has 0 bridgehead atoms. The summed E-state index contributed by atoms with van der Waals surface area (Å²) in [7, 11) is 0. The normalized spacial score (nSPS) is 16.3. The Morgan fingerprint density at radius 2 is 1.61 bits per heavy atom. The molecular formula is C27H33ClN4O4. The molecule has 2 aliphatic heterocycles. The van der Waals surface area contributed by atoms with Crippen LogP contribution in [0.5, 0.6) is 0 Å². The molecular weight excluding hydrogens is 480 g/mol. The van der Waals surface area contributed by atoms with Crippen LogP contribution in [-0.4, -0.2) is 80.0 Å². The molecule has 9 heteroatoms. The van der Waals surface area contributed by atoms with Crippen molar-refractivity contribution >= 4 is 40.7 Å². The molecule has 2 aromatic rings. The first-order valence-corrected chi connectivity index (χ1v) is 12.8. The predicted octanol–water partition coefficient (Wildman–Crippen LogP) is 3.76. The second-order valence-electron chi connectivity index (χ2n) is 9.54. The van der Waals surface area contributed by atoms with Crippen LogP contribution in [0.15, 0.2) is 42.5 Å². The van der Waals surface area contributed by atoms with Crippen LogP contribution in [0.3, 0.4) is 0 Å². The van der Waals surface area contributed by atoms with Gasteiger partial charge in [-0.05, 0) is 36.2 Å². The highest BCUT2D eigenvalue weighted by Crippen LogP contribution is 2.28.